The van der Waals surface area contributed by atoms with E-state index in [1.165, 1.54) is 0 Å². The Morgan fingerprint density at radius 2 is 1.45 bits per heavy atom. The van der Waals surface area contributed by atoms with Gasteiger partial charge in [0.25, 0.3) is 0 Å². The number of ether oxygens (including phenoxy) is 2. The number of carbonyl (C=O) groups excluding carboxylic acids is 1. The Labute approximate surface area is 271 Å². The van der Waals surface area contributed by atoms with Crippen molar-refractivity contribution in [2.45, 2.75) is 18.4 Å². The fourth-order valence-corrected chi connectivity index (χ4v) is 7.32. The van der Waals surface area contributed by atoms with Gasteiger partial charge < -0.3 is 25.0 Å². The van der Waals surface area contributed by atoms with Crippen LogP contribution in [0.2, 0.25) is 0 Å². The number of carboxylic acids is 1. The number of fused-ring (bicyclic) bond motifs is 3. The summed E-state index contributed by atoms with van der Waals surface area (Å²) >= 11 is 6.30. The molecule has 4 aromatic carbocycles. The molecule has 204 valence electrons. The van der Waals surface area contributed by atoms with E-state index in [1.54, 1.807) is 18.2 Å². The van der Waals surface area contributed by atoms with Crippen molar-refractivity contribution in [1.82, 2.24) is 5.32 Å². The van der Waals surface area contributed by atoms with E-state index in [0.717, 1.165) is 35.0 Å². The second-order valence-corrected chi connectivity index (χ2v) is 12.7. The van der Waals surface area contributed by atoms with Crippen LogP contribution in [0.1, 0.15) is 22.6 Å². The highest BCUT2D eigenvalue weighted by Crippen LogP contribution is 2.44. The lowest BCUT2D eigenvalue weighted by Crippen LogP contribution is -2.43. The molecule has 0 saturated carbocycles. The Morgan fingerprint density at radius 3 is 2.02 bits per heavy atom. The van der Waals surface area contributed by atoms with Crippen LogP contribution in [0, 0.1) is 10.7 Å². The van der Waals surface area contributed by atoms with Crippen molar-refractivity contribution in [3.05, 3.63) is 106 Å². The first-order valence-corrected chi connectivity index (χ1v) is 15.4. The van der Waals surface area contributed by atoms with Gasteiger partial charge >= 0.3 is 12.1 Å². The van der Waals surface area contributed by atoms with Crippen molar-refractivity contribution >= 4 is 79.8 Å². The largest absolute Gasteiger partial charge is 0.507 e. The number of aromatic hydroxyl groups is 1. The molecule has 0 saturated heterocycles. The Hall–Kier alpha value is -2.59. The Morgan fingerprint density at radius 1 is 0.850 bits per heavy atom. The average molecular weight is 873 g/mol. The van der Waals surface area contributed by atoms with Crippen LogP contribution in [-0.4, -0.2) is 34.9 Å². The number of benzene rings is 4. The highest BCUT2D eigenvalue weighted by Gasteiger charge is 2.30. The van der Waals surface area contributed by atoms with Crippen molar-refractivity contribution in [3.63, 3.8) is 0 Å². The van der Waals surface area contributed by atoms with Crippen LogP contribution in [0.4, 0.5) is 4.79 Å². The number of hydrogen-bond acceptors (Lipinski definition) is 5. The molecule has 1 aliphatic carbocycles. The van der Waals surface area contributed by atoms with Crippen LogP contribution in [0.5, 0.6) is 17.2 Å². The summed E-state index contributed by atoms with van der Waals surface area (Å²) in [4.78, 5) is 24.8. The van der Waals surface area contributed by atoms with Gasteiger partial charge in [-0.25, -0.2) is 9.59 Å². The topological polar surface area (TPSA) is 105 Å². The maximum absolute atomic E-state index is 12.7. The summed E-state index contributed by atoms with van der Waals surface area (Å²) in [6, 6.07) is 23.5. The molecule has 0 aliphatic heterocycles. The number of phenols is 1. The van der Waals surface area contributed by atoms with Crippen LogP contribution in [-0.2, 0) is 16.0 Å². The van der Waals surface area contributed by atoms with Gasteiger partial charge in [0.2, 0.25) is 0 Å². The Kier molecular flexibility index (Phi) is 9.05. The lowest BCUT2D eigenvalue weighted by molar-refractivity contribution is -0.139. The van der Waals surface area contributed by atoms with Gasteiger partial charge in [0.1, 0.15) is 24.1 Å². The minimum atomic E-state index is -1.17. The highest BCUT2D eigenvalue weighted by atomic mass is 127. The Balaban J connectivity index is 1.25. The maximum atomic E-state index is 12.7. The van der Waals surface area contributed by atoms with E-state index in [1.807, 2.05) is 71.1 Å². The first-order valence-electron chi connectivity index (χ1n) is 12.2. The van der Waals surface area contributed by atoms with E-state index in [9.17, 15) is 19.8 Å². The molecule has 10 heteroatoms. The number of phenolic OH excluding ortho intramolecular Hbond substituents is 1. The molecule has 4 aromatic rings. The van der Waals surface area contributed by atoms with E-state index in [2.05, 4.69) is 62.6 Å². The lowest BCUT2D eigenvalue weighted by Gasteiger charge is -2.18. The number of amides is 1. The summed E-state index contributed by atoms with van der Waals surface area (Å²) in [5.74, 6) is 0.108. The number of carbonyl (C=O) groups is 2. The van der Waals surface area contributed by atoms with E-state index >= 15 is 0 Å². The van der Waals surface area contributed by atoms with E-state index in [4.69, 9.17) is 9.47 Å². The molecular weight excluding hydrogens is 851 g/mol. The van der Waals surface area contributed by atoms with Gasteiger partial charge in [-0.3, -0.25) is 0 Å². The van der Waals surface area contributed by atoms with Crippen LogP contribution in [0.15, 0.2) is 78.9 Å². The van der Waals surface area contributed by atoms with Crippen molar-refractivity contribution in [2.24, 2.45) is 0 Å². The molecule has 1 atom stereocenters. The maximum Gasteiger partial charge on any atom is 0.407 e. The van der Waals surface area contributed by atoms with Crippen LogP contribution >= 0.6 is 67.8 Å². The van der Waals surface area contributed by atoms with Gasteiger partial charge in [-0.2, -0.15) is 0 Å². The van der Waals surface area contributed by atoms with E-state index in [-0.39, 0.29) is 24.7 Å². The number of nitrogens with one attached hydrogen (secondary N) is 1. The van der Waals surface area contributed by atoms with Gasteiger partial charge in [0, 0.05) is 12.3 Å². The quantitative estimate of drug-likeness (QED) is 0.158. The number of rotatable bonds is 8. The third-order valence-electron chi connectivity index (χ3n) is 6.57. The summed E-state index contributed by atoms with van der Waals surface area (Å²) in [6.45, 7) is 0.101. The third kappa shape index (κ3) is 6.33. The molecule has 0 aromatic heterocycles. The predicted octanol–water partition coefficient (Wildman–Crippen LogP) is 7.53. The fraction of sp³-hybridized carbons (Fsp3) is 0.133. The van der Waals surface area contributed by atoms with Crippen LogP contribution in [0.3, 0.4) is 0 Å². The third-order valence-corrected chi connectivity index (χ3v) is 9.04. The van der Waals surface area contributed by atoms with Crippen LogP contribution in [0.25, 0.3) is 11.1 Å². The highest BCUT2D eigenvalue weighted by molar-refractivity contribution is 14.1. The zero-order chi connectivity index (χ0) is 28.4. The normalized spacial score (nSPS) is 12.8. The molecule has 0 spiro atoms. The van der Waals surface area contributed by atoms with Gasteiger partial charge in [0.05, 0.1) is 10.7 Å². The van der Waals surface area contributed by atoms with Gasteiger partial charge in [0.15, 0.2) is 5.75 Å². The molecule has 0 heterocycles. The minimum absolute atomic E-state index is 0.0723. The smallest absolute Gasteiger partial charge is 0.407 e. The number of hydrogen-bond donors (Lipinski definition) is 3. The van der Waals surface area contributed by atoms with Crippen molar-refractivity contribution in [2.75, 3.05) is 6.61 Å². The first-order chi connectivity index (χ1) is 19.2. The van der Waals surface area contributed by atoms with E-state index in [0.29, 0.717) is 15.1 Å². The summed E-state index contributed by atoms with van der Waals surface area (Å²) in [7, 11) is 0. The molecule has 7 nitrogen and oxygen atoms in total. The number of carboxylic acid groups (broad SMARTS) is 1. The van der Waals surface area contributed by atoms with Gasteiger partial charge in [-0.05, 0) is 126 Å². The molecule has 0 unspecified atom stereocenters. The summed E-state index contributed by atoms with van der Waals surface area (Å²) in [5.41, 5.74) is 5.13. The second kappa shape index (κ2) is 12.5. The Bertz CT molecular complexity index is 1540. The number of alkyl carbamates (subject to hydrolysis) is 1. The van der Waals surface area contributed by atoms with Crippen molar-refractivity contribution < 1.29 is 29.3 Å². The van der Waals surface area contributed by atoms with Gasteiger partial charge in [-0.15, -0.1) is 0 Å². The van der Waals surface area contributed by atoms with E-state index < -0.39 is 18.1 Å². The molecule has 1 amide bonds. The molecule has 3 N–H and O–H groups in total. The summed E-state index contributed by atoms with van der Waals surface area (Å²) in [5, 5.41) is 22.1. The SMILES string of the molecule is O=C(N[C@@H](Cc1cc(I)c(Oc2ccc(O)c(I)c2)c(I)c1)C(=O)O)OCC1c2ccccc2-c2ccccc21. The lowest BCUT2D eigenvalue weighted by atomic mass is 9.98. The standard InChI is InChI=1S/C30H22I3NO6/c31-23-14-17(9-10-27(23)35)40-28-24(32)11-16(12-25(28)33)13-26(29(36)37)34-30(38)39-15-22-20-7-3-1-5-18(20)19-6-2-4-8-21(19)22/h1-12,14,22,26,35H,13,15H2,(H,34,38)(H,36,37)/t26-/m0/s1. The predicted molar refractivity (Wildman–Crippen MR) is 176 cm³/mol. The molecule has 5 rings (SSSR count). The number of halogens is 3. The zero-order valence-corrected chi connectivity index (χ0v) is 27.2. The second-order valence-electron chi connectivity index (χ2n) is 9.17. The summed E-state index contributed by atoms with van der Waals surface area (Å²) < 4.78 is 13.8. The summed E-state index contributed by atoms with van der Waals surface area (Å²) in [6.07, 6.45) is -0.705. The molecule has 0 radical (unpaired) electrons. The first kappa shape index (κ1) is 28.9. The van der Waals surface area contributed by atoms with Crippen molar-refractivity contribution in [1.29, 1.82) is 0 Å². The van der Waals surface area contributed by atoms with Gasteiger partial charge in [-0.1, -0.05) is 48.5 Å². The average Bonchev–Trinajstić information content (AvgIpc) is 3.25. The molecular formula is C30H22I3NO6. The van der Waals surface area contributed by atoms with Crippen molar-refractivity contribution in [3.8, 4) is 28.4 Å². The molecule has 1 aliphatic rings. The zero-order valence-electron chi connectivity index (χ0n) is 20.7. The fourth-order valence-electron chi connectivity index (χ4n) is 4.71. The monoisotopic (exact) mass is 873 g/mol. The molecule has 0 bridgehead atoms. The molecule has 40 heavy (non-hydrogen) atoms. The molecule has 0 fully saturated rings. The van der Waals surface area contributed by atoms with Crippen LogP contribution < -0.4 is 10.1 Å². The number of aliphatic carboxylic acids is 1. The minimum Gasteiger partial charge on any atom is -0.507 e.